The Labute approximate surface area is 178 Å². The maximum atomic E-state index is 12.5. The quantitative estimate of drug-likeness (QED) is 0.507. The molecule has 0 fully saturated rings. The molecule has 2 amide bonds. The van der Waals surface area contributed by atoms with Crippen molar-refractivity contribution in [1.29, 1.82) is 0 Å². The van der Waals surface area contributed by atoms with Crippen molar-refractivity contribution in [3.63, 3.8) is 0 Å². The Balaban J connectivity index is 1.61. The molecule has 0 atom stereocenters. The number of carbonyl (C=O) groups excluding carboxylic acids is 2. The summed E-state index contributed by atoms with van der Waals surface area (Å²) in [5, 5.41) is 3.03. The first-order valence-corrected chi connectivity index (χ1v) is 9.77. The zero-order chi connectivity index (χ0) is 21.7. The summed E-state index contributed by atoms with van der Waals surface area (Å²) in [5.74, 6) is 0.414. The van der Waals surface area contributed by atoms with E-state index in [2.05, 4.69) is 14.9 Å². The summed E-state index contributed by atoms with van der Waals surface area (Å²) in [4.78, 5) is 28.0. The van der Waals surface area contributed by atoms with Gasteiger partial charge in [-0.05, 0) is 37.6 Å². The van der Waals surface area contributed by atoms with E-state index in [1.807, 2.05) is 31.2 Å². The van der Waals surface area contributed by atoms with E-state index in [1.54, 1.807) is 0 Å². The smallest absolute Gasteiger partial charge is 0.255 e. The number of fused-ring (bicyclic) bond motifs is 1. The summed E-state index contributed by atoms with van der Waals surface area (Å²) < 4.78 is 12.6. The molecule has 30 heavy (non-hydrogen) atoms. The van der Waals surface area contributed by atoms with Crippen molar-refractivity contribution in [3.05, 3.63) is 52.8 Å². The Bertz CT molecular complexity index is 1080. The highest BCUT2D eigenvalue weighted by Gasteiger charge is 2.16. The summed E-state index contributed by atoms with van der Waals surface area (Å²) in [6.45, 7) is 2.83. The number of carbonyl (C=O) groups is 2. The van der Waals surface area contributed by atoms with Gasteiger partial charge in [0.15, 0.2) is 18.1 Å². The van der Waals surface area contributed by atoms with Crippen LogP contribution in [0, 0.1) is 6.92 Å². The second-order valence-corrected chi connectivity index (χ2v) is 7.06. The summed E-state index contributed by atoms with van der Waals surface area (Å²) in [6, 6.07) is 10.9. The molecule has 0 aliphatic rings. The molecule has 1 heterocycles. The fraction of sp³-hybridized carbons (Fsp3) is 0.286. The van der Waals surface area contributed by atoms with Crippen LogP contribution in [0.4, 0.5) is 0 Å². The van der Waals surface area contributed by atoms with Gasteiger partial charge in [0, 0.05) is 18.7 Å². The fourth-order valence-corrected chi connectivity index (χ4v) is 3.42. The summed E-state index contributed by atoms with van der Waals surface area (Å²) in [5.41, 5.74) is 7.44. The van der Waals surface area contributed by atoms with Crippen LogP contribution in [0.1, 0.15) is 22.6 Å². The average molecular weight is 431 g/mol. The summed E-state index contributed by atoms with van der Waals surface area (Å²) in [7, 11) is 1.42. The molecule has 3 aromatic rings. The minimum Gasteiger partial charge on any atom is -0.493 e. The second-order valence-electron chi connectivity index (χ2n) is 6.65. The van der Waals surface area contributed by atoms with Gasteiger partial charge in [0.05, 0.1) is 23.2 Å². The van der Waals surface area contributed by atoms with Crippen molar-refractivity contribution in [2.45, 2.75) is 19.9 Å². The highest BCUT2D eigenvalue weighted by molar-refractivity contribution is 6.32. The van der Waals surface area contributed by atoms with Crippen molar-refractivity contribution >= 4 is 34.4 Å². The topological polar surface area (TPSA) is 108 Å². The van der Waals surface area contributed by atoms with Crippen LogP contribution in [0.5, 0.6) is 11.5 Å². The third kappa shape index (κ3) is 4.83. The van der Waals surface area contributed by atoms with Crippen molar-refractivity contribution in [3.8, 4) is 11.5 Å². The van der Waals surface area contributed by atoms with Crippen molar-refractivity contribution in [1.82, 2.24) is 14.9 Å². The largest absolute Gasteiger partial charge is 0.493 e. The lowest BCUT2D eigenvalue weighted by Gasteiger charge is -2.13. The minimum atomic E-state index is -0.643. The Hall–Kier alpha value is -3.26. The van der Waals surface area contributed by atoms with E-state index in [9.17, 15) is 9.59 Å². The number of rotatable bonds is 9. The van der Waals surface area contributed by atoms with Gasteiger partial charge in [0.1, 0.15) is 5.82 Å². The van der Waals surface area contributed by atoms with Crippen LogP contribution < -0.4 is 20.5 Å². The normalized spacial score (nSPS) is 10.8. The lowest BCUT2D eigenvalue weighted by molar-refractivity contribution is -0.119. The molecule has 8 nitrogen and oxygen atoms in total. The standard InChI is InChI=1S/C21H23ClN4O4/c1-13-25-16-6-3-4-7-17(16)26(13)9-5-8-24-21(28)14-10-15(22)20(18(11-14)29-2)30-12-19(23)27/h3-4,6-7,10-11H,5,8-9,12H2,1-2H3,(H2,23,27)(H,24,28). The van der Waals surface area contributed by atoms with Crippen LogP contribution in [0.25, 0.3) is 11.0 Å². The number of hydrogen-bond donors (Lipinski definition) is 2. The van der Waals surface area contributed by atoms with Crippen LogP contribution in [0.15, 0.2) is 36.4 Å². The molecule has 0 radical (unpaired) electrons. The molecule has 3 N–H and O–H groups in total. The Morgan fingerprint density at radius 3 is 2.77 bits per heavy atom. The van der Waals surface area contributed by atoms with Gasteiger partial charge in [0.2, 0.25) is 0 Å². The zero-order valence-corrected chi connectivity index (χ0v) is 17.5. The van der Waals surface area contributed by atoms with Crippen molar-refractivity contribution in [2.75, 3.05) is 20.3 Å². The molecule has 0 aliphatic carbocycles. The van der Waals surface area contributed by atoms with Gasteiger partial charge in [-0.1, -0.05) is 23.7 Å². The highest BCUT2D eigenvalue weighted by Crippen LogP contribution is 2.36. The average Bonchev–Trinajstić information content (AvgIpc) is 3.04. The number of primary amides is 1. The number of aryl methyl sites for hydroxylation is 2. The number of nitrogens with two attached hydrogens (primary N) is 1. The number of nitrogens with zero attached hydrogens (tertiary/aromatic N) is 2. The van der Waals surface area contributed by atoms with Crippen LogP contribution in [0.3, 0.4) is 0 Å². The van der Waals surface area contributed by atoms with Gasteiger partial charge < -0.3 is 25.1 Å². The molecular formula is C21H23ClN4O4. The summed E-state index contributed by atoms with van der Waals surface area (Å²) in [6.07, 6.45) is 0.734. The van der Waals surface area contributed by atoms with Gasteiger partial charge in [-0.25, -0.2) is 4.98 Å². The fourth-order valence-electron chi connectivity index (χ4n) is 3.15. The van der Waals surface area contributed by atoms with Crippen molar-refractivity contribution < 1.29 is 19.1 Å². The first kappa shape index (κ1) is 21.4. The Kier molecular flexibility index (Phi) is 6.79. The van der Waals surface area contributed by atoms with E-state index in [0.29, 0.717) is 12.1 Å². The van der Waals surface area contributed by atoms with Gasteiger partial charge in [-0.3, -0.25) is 9.59 Å². The van der Waals surface area contributed by atoms with E-state index in [0.717, 1.165) is 29.8 Å². The number of para-hydroxylation sites is 2. The van der Waals surface area contributed by atoms with Crippen LogP contribution in [0.2, 0.25) is 5.02 Å². The predicted octanol–water partition coefficient (Wildman–Crippen LogP) is 2.69. The molecule has 9 heteroatoms. The number of aromatic nitrogens is 2. The lowest BCUT2D eigenvalue weighted by atomic mass is 10.2. The molecule has 0 aliphatic heterocycles. The van der Waals surface area contributed by atoms with Crippen LogP contribution in [-0.2, 0) is 11.3 Å². The molecule has 0 bridgehead atoms. The van der Waals surface area contributed by atoms with E-state index >= 15 is 0 Å². The molecule has 2 aromatic carbocycles. The molecule has 0 unspecified atom stereocenters. The number of nitrogens with one attached hydrogen (secondary N) is 1. The number of benzene rings is 2. The zero-order valence-electron chi connectivity index (χ0n) is 16.8. The van der Waals surface area contributed by atoms with Crippen molar-refractivity contribution in [2.24, 2.45) is 5.73 Å². The number of hydrogen-bond acceptors (Lipinski definition) is 5. The van der Waals surface area contributed by atoms with Gasteiger partial charge in [-0.15, -0.1) is 0 Å². The second kappa shape index (κ2) is 9.49. The lowest BCUT2D eigenvalue weighted by Crippen LogP contribution is -2.25. The molecule has 1 aromatic heterocycles. The first-order chi connectivity index (χ1) is 14.4. The molecule has 0 saturated carbocycles. The molecule has 158 valence electrons. The predicted molar refractivity (Wildman–Crippen MR) is 114 cm³/mol. The third-order valence-electron chi connectivity index (χ3n) is 4.54. The number of ether oxygens (including phenoxy) is 2. The van der Waals surface area contributed by atoms with Gasteiger partial charge >= 0.3 is 0 Å². The Morgan fingerprint density at radius 1 is 1.27 bits per heavy atom. The molecule has 0 saturated heterocycles. The maximum absolute atomic E-state index is 12.5. The number of imidazole rings is 1. The third-order valence-corrected chi connectivity index (χ3v) is 4.82. The SMILES string of the molecule is COc1cc(C(=O)NCCCn2c(C)nc3ccccc32)cc(Cl)c1OCC(N)=O. The maximum Gasteiger partial charge on any atom is 0.255 e. The molecule has 3 rings (SSSR count). The first-order valence-electron chi connectivity index (χ1n) is 9.39. The van der Waals surface area contributed by atoms with Gasteiger partial charge in [0.25, 0.3) is 11.8 Å². The van der Waals surface area contributed by atoms with E-state index in [-0.39, 0.29) is 29.0 Å². The van der Waals surface area contributed by atoms with E-state index in [1.165, 1.54) is 19.2 Å². The molecular weight excluding hydrogens is 408 g/mol. The van der Waals surface area contributed by atoms with Gasteiger partial charge in [-0.2, -0.15) is 0 Å². The minimum absolute atomic E-state index is 0.154. The molecule has 0 spiro atoms. The monoisotopic (exact) mass is 430 g/mol. The van der Waals surface area contributed by atoms with E-state index < -0.39 is 5.91 Å². The van der Waals surface area contributed by atoms with E-state index in [4.69, 9.17) is 26.8 Å². The number of methoxy groups -OCH3 is 1. The van der Waals surface area contributed by atoms with Crippen LogP contribution >= 0.6 is 11.6 Å². The Morgan fingerprint density at radius 2 is 2.03 bits per heavy atom. The highest BCUT2D eigenvalue weighted by atomic mass is 35.5. The summed E-state index contributed by atoms with van der Waals surface area (Å²) >= 11 is 6.20. The van der Waals surface area contributed by atoms with Crippen LogP contribution in [-0.4, -0.2) is 41.6 Å². The number of halogens is 1. The number of amides is 2.